The number of aliphatic hydroxyl groups excluding tert-OH is 1. The highest BCUT2D eigenvalue weighted by Gasteiger charge is 2.21. The number of anilines is 2. The molecule has 0 saturated carbocycles. The zero-order valence-corrected chi connectivity index (χ0v) is 13.5. The van der Waals surface area contributed by atoms with Gasteiger partial charge in [-0.1, -0.05) is 6.58 Å². The normalized spacial score (nSPS) is 15.9. The second-order valence-electron chi connectivity index (χ2n) is 6.04. The van der Waals surface area contributed by atoms with Crippen LogP contribution in [0.2, 0.25) is 0 Å². The molecule has 23 heavy (non-hydrogen) atoms. The van der Waals surface area contributed by atoms with E-state index in [1.165, 1.54) is 6.08 Å². The standard InChI is InChI=1S/C17H22N4O2/c1-4-16(23)18-13-10-14-15(9-11(13)2)20(3)17(19-14)21-7-5-12(22)6-8-21/h4,9-10,12,22H,1,5-8H2,2-3H3,(H,18,23). The van der Waals surface area contributed by atoms with Gasteiger partial charge < -0.3 is 19.9 Å². The van der Waals surface area contributed by atoms with Crippen molar-refractivity contribution in [3.8, 4) is 0 Å². The molecule has 0 radical (unpaired) electrons. The summed E-state index contributed by atoms with van der Waals surface area (Å²) in [7, 11) is 2.00. The van der Waals surface area contributed by atoms with Crippen molar-refractivity contribution < 1.29 is 9.90 Å². The van der Waals surface area contributed by atoms with Gasteiger partial charge in [-0.2, -0.15) is 0 Å². The lowest BCUT2D eigenvalue weighted by Gasteiger charge is -2.30. The number of hydrogen-bond donors (Lipinski definition) is 2. The molecule has 6 heteroatoms. The highest BCUT2D eigenvalue weighted by atomic mass is 16.3. The quantitative estimate of drug-likeness (QED) is 0.850. The van der Waals surface area contributed by atoms with E-state index in [2.05, 4.69) is 21.4 Å². The van der Waals surface area contributed by atoms with Crippen molar-refractivity contribution in [2.75, 3.05) is 23.3 Å². The molecule has 0 spiro atoms. The molecule has 1 aromatic carbocycles. The highest BCUT2D eigenvalue weighted by molar-refractivity contribution is 6.00. The van der Waals surface area contributed by atoms with E-state index in [4.69, 9.17) is 4.98 Å². The monoisotopic (exact) mass is 314 g/mol. The molecule has 0 aliphatic carbocycles. The predicted molar refractivity (Wildman–Crippen MR) is 91.7 cm³/mol. The van der Waals surface area contributed by atoms with Gasteiger partial charge in [0.2, 0.25) is 11.9 Å². The Kier molecular flexibility index (Phi) is 4.09. The third kappa shape index (κ3) is 2.94. The minimum Gasteiger partial charge on any atom is -0.393 e. The molecule has 2 heterocycles. The van der Waals surface area contributed by atoms with Gasteiger partial charge in [-0.25, -0.2) is 4.98 Å². The van der Waals surface area contributed by atoms with Crippen LogP contribution >= 0.6 is 0 Å². The van der Waals surface area contributed by atoms with E-state index in [9.17, 15) is 9.90 Å². The zero-order chi connectivity index (χ0) is 16.6. The second-order valence-corrected chi connectivity index (χ2v) is 6.04. The third-order valence-corrected chi connectivity index (χ3v) is 4.39. The van der Waals surface area contributed by atoms with Gasteiger partial charge in [0.25, 0.3) is 0 Å². The van der Waals surface area contributed by atoms with Crippen LogP contribution in [0, 0.1) is 6.92 Å². The Bertz CT molecular complexity index is 758. The van der Waals surface area contributed by atoms with Gasteiger partial charge in [0, 0.05) is 25.8 Å². The number of carbonyl (C=O) groups is 1. The first-order valence-corrected chi connectivity index (χ1v) is 7.83. The average Bonchev–Trinajstić information content (AvgIpc) is 2.85. The lowest BCUT2D eigenvalue weighted by Crippen LogP contribution is -2.37. The Balaban J connectivity index is 1.97. The zero-order valence-electron chi connectivity index (χ0n) is 13.5. The molecule has 2 N–H and O–H groups in total. The molecular weight excluding hydrogens is 292 g/mol. The summed E-state index contributed by atoms with van der Waals surface area (Å²) in [6.07, 6.45) is 2.59. The van der Waals surface area contributed by atoms with Crippen molar-refractivity contribution in [1.82, 2.24) is 9.55 Å². The van der Waals surface area contributed by atoms with Gasteiger partial charge in [0.15, 0.2) is 0 Å². The molecule has 1 saturated heterocycles. The molecule has 1 amide bonds. The van der Waals surface area contributed by atoms with Crippen LogP contribution in [0.15, 0.2) is 24.8 Å². The van der Waals surface area contributed by atoms with Crippen molar-refractivity contribution in [2.24, 2.45) is 7.05 Å². The molecule has 1 aliphatic heterocycles. The number of nitrogens with one attached hydrogen (secondary N) is 1. The number of piperidine rings is 1. The van der Waals surface area contributed by atoms with E-state index in [-0.39, 0.29) is 12.0 Å². The van der Waals surface area contributed by atoms with E-state index < -0.39 is 0 Å². The predicted octanol–water partition coefficient (Wildman–Crippen LogP) is 1.97. The van der Waals surface area contributed by atoms with Crippen molar-refractivity contribution in [3.05, 3.63) is 30.4 Å². The summed E-state index contributed by atoms with van der Waals surface area (Å²) in [4.78, 5) is 18.5. The van der Waals surface area contributed by atoms with Gasteiger partial charge in [0.1, 0.15) is 0 Å². The molecular formula is C17H22N4O2. The van der Waals surface area contributed by atoms with Crippen LogP contribution in [0.5, 0.6) is 0 Å². The Labute approximate surface area is 135 Å². The number of rotatable bonds is 3. The lowest BCUT2D eigenvalue weighted by molar-refractivity contribution is -0.111. The molecule has 1 aromatic heterocycles. The number of benzene rings is 1. The summed E-state index contributed by atoms with van der Waals surface area (Å²) in [6, 6.07) is 3.93. The maximum absolute atomic E-state index is 11.5. The van der Waals surface area contributed by atoms with Crippen molar-refractivity contribution in [3.63, 3.8) is 0 Å². The average molecular weight is 314 g/mol. The van der Waals surface area contributed by atoms with Crippen LogP contribution in [-0.2, 0) is 11.8 Å². The molecule has 122 valence electrons. The number of aromatic nitrogens is 2. The van der Waals surface area contributed by atoms with Crippen LogP contribution in [-0.4, -0.2) is 39.8 Å². The van der Waals surface area contributed by atoms with E-state index in [1.807, 2.05) is 26.1 Å². The number of carbonyl (C=O) groups excluding carboxylic acids is 1. The van der Waals surface area contributed by atoms with Crippen LogP contribution in [0.3, 0.4) is 0 Å². The largest absolute Gasteiger partial charge is 0.393 e. The van der Waals surface area contributed by atoms with Crippen LogP contribution in [0.4, 0.5) is 11.6 Å². The van der Waals surface area contributed by atoms with E-state index in [1.54, 1.807) is 0 Å². The number of imidazole rings is 1. The van der Waals surface area contributed by atoms with E-state index in [0.29, 0.717) is 0 Å². The maximum atomic E-state index is 11.5. The molecule has 6 nitrogen and oxygen atoms in total. The minimum absolute atomic E-state index is 0.205. The summed E-state index contributed by atoms with van der Waals surface area (Å²) in [6.45, 7) is 7.04. The van der Waals surface area contributed by atoms with Gasteiger partial charge in [-0.05, 0) is 43.5 Å². The smallest absolute Gasteiger partial charge is 0.247 e. The lowest BCUT2D eigenvalue weighted by atomic mass is 10.1. The Hall–Kier alpha value is -2.34. The van der Waals surface area contributed by atoms with Gasteiger partial charge >= 0.3 is 0 Å². The SMILES string of the molecule is C=CC(=O)Nc1cc2nc(N3CCC(O)CC3)n(C)c2cc1C. The number of hydrogen-bond acceptors (Lipinski definition) is 4. The molecule has 0 atom stereocenters. The van der Waals surface area contributed by atoms with Gasteiger partial charge in [0.05, 0.1) is 17.1 Å². The Morgan fingerprint density at radius 1 is 1.43 bits per heavy atom. The number of aryl methyl sites for hydroxylation is 2. The molecule has 0 unspecified atom stereocenters. The molecule has 3 rings (SSSR count). The summed E-state index contributed by atoms with van der Waals surface area (Å²) >= 11 is 0. The minimum atomic E-state index is -0.228. The first kappa shape index (κ1) is 15.6. The van der Waals surface area contributed by atoms with Crippen LogP contribution in [0.1, 0.15) is 18.4 Å². The number of fused-ring (bicyclic) bond motifs is 1. The molecule has 2 aromatic rings. The second kappa shape index (κ2) is 6.04. The van der Waals surface area contributed by atoms with E-state index in [0.717, 1.165) is 54.2 Å². The van der Waals surface area contributed by atoms with Crippen LogP contribution < -0.4 is 10.2 Å². The summed E-state index contributed by atoms with van der Waals surface area (Å²) < 4.78 is 2.07. The van der Waals surface area contributed by atoms with Gasteiger partial charge in [-0.15, -0.1) is 0 Å². The maximum Gasteiger partial charge on any atom is 0.247 e. The third-order valence-electron chi connectivity index (χ3n) is 4.39. The topological polar surface area (TPSA) is 70.4 Å². The molecule has 1 fully saturated rings. The van der Waals surface area contributed by atoms with Crippen molar-refractivity contribution in [1.29, 1.82) is 0 Å². The fraction of sp³-hybridized carbons (Fsp3) is 0.412. The number of amides is 1. The van der Waals surface area contributed by atoms with Gasteiger partial charge in [-0.3, -0.25) is 4.79 Å². The molecule has 1 aliphatic rings. The Morgan fingerprint density at radius 3 is 2.78 bits per heavy atom. The fourth-order valence-corrected chi connectivity index (χ4v) is 3.00. The summed E-state index contributed by atoms with van der Waals surface area (Å²) in [5.74, 6) is 0.673. The fourth-order valence-electron chi connectivity index (χ4n) is 3.00. The van der Waals surface area contributed by atoms with Crippen molar-refractivity contribution in [2.45, 2.75) is 25.9 Å². The first-order chi connectivity index (χ1) is 11.0. The summed E-state index contributed by atoms with van der Waals surface area (Å²) in [5, 5.41) is 12.5. The molecule has 0 bridgehead atoms. The van der Waals surface area contributed by atoms with E-state index >= 15 is 0 Å². The number of nitrogens with zero attached hydrogens (tertiary/aromatic N) is 3. The highest BCUT2D eigenvalue weighted by Crippen LogP contribution is 2.28. The first-order valence-electron chi connectivity index (χ1n) is 7.83. The Morgan fingerprint density at radius 2 is 2.13 bits per heavy atom. The van der Waals surface area contributed by atoms with Crippen molar-refractivity contribution >= 4 is 28.6 Å². The number of aliphatic hydroxyl groups is 1. The van der Waals surface area contributed by atoms with Crippen LogP contribution in [0.25, 0.3) is 11.0 Å². The summed E-state index contributed by atoms with van der Waals surface area (Å²) in [5.41, 5.74) is 3.61.